The number of nitro groups is 1. The highest BCUT2D eigenvalue weighted by Gasteiger charge is 2.17. The van der Waals surface area contributed by atoms with Crippen LogP contribution in [0.4, 0.5) is 10.1 Å². The maximum absolute atomic E-state index is 13.2. The standard InChI is InChI=1S/C9H3BrClFN2O2/c10-5-1-4-7(2-6(5)12)13-3-8(9(4)11)14(15)16/h1-3H. The number of fused-ring (bicyclic) bond motifs is 1. The van der Waals surface area contributed by atoms with Gasteiger partial charge in [-0.15, -0.1) is 0 Å². The SMILES string of the molecule is O=[N+]([O-])c1cnc2cc(F)c(Br)cc2c1Cl. The summed E-state index contributed by atoms with van der Waals surface area (Å²) in [5.41, 5.74) is -0.0241. The van der Waals surface area contributed by atoms with Crippen molar-refractivity contribution < 1.29 is 9.31 Å². The molecule has 0 aliphatic heterocycles. The van der Waals surface area contributed by atoms with Crippen molar-refractivity contribution >= 4 is 44.1 Å². The van der Waals surface area contributed by atoms with Crippen LogP contribution < -0.4 is 0 Å². The summed E-state index contributed by atoms with van der Waals surface area (Å²) in [5, 5.41) is 10.9. The van der Waals surface area contributed by atoms with Crippen molar-refractivity contribution in [2.45, 2.75) is 0 Å². The van der Waals surface area contributed by atoms with E-state index in [0.29, 0.717) is 5.39 Å². The molecule has 2 aromatic rings. The van der Waals surface area contributed by atoms with Gasteiger partial charge in [0.15, 0.2) is 0 Å². The minimum absolute atomic E-state index is 0.0456. The maximum Gasteiger partial charge on any atom is 0.306 e. The van der Waals surface area contributed by atoms with Crippen LogP contribution in [0.15, 0.2) is 22.8 Å². The van der Waals surface area contributed by atoms with Crippen molar-refractivity contribution in [2.75, 3.05) is 0 Å². The molecule has 2 rings (SSSR count). The molecule has 4 nitrogen and oxygen atoms in total. The second kappa shape index (κ2) is 3.95. The second-order valence-electron chi connectivity index (χ2n) is 3.00. The summed E-state index contributed by atoms with van der Waals surface area (Å²) < 4.78 is 13.4. The monoisotopic (exact) mass is 304 g/mol. The average Bonchev–Trinajstić information content (AvgIpc) is 2.21. The van der Waals surface area contributed by atoms with Crippen molar-refractivity contribution in [2.24, 2.45) is 0 Å². The van der Waals surface area contributed by atoms with Crippen LogP contribution in [0.1, 0.15) is 0 Å². The van der Waals surface area contributed by atoms with Gasteiger partial charge in [0, 0.05) is 11.5 Å². The molecule has 0 spiro atoms. The average molecular weight is 305 g/mol. The smallest absolute Gasteiger partial charge is 0.258 e. The van der Waals surface area contributed by atoms with E-state index in [0.717, 1.165) is 12.3 Å². The molecule has 0 unspecified atom stereocenters. The minimum atomic E-state index is -0.633. The fourth-order valence-electron chi connectivity index (χ4n) is 1.27. The lowest BCUT2D eigenvalue weighted by Crippen LogP contribution is -1.92. The zero-order chi connectivity index (χ0) is 11.9. The molecule has 0 aliphatic carbocycles. The van der Waals surface area contributed by atoms with E-state index >= 15 is 0 Å². The van der Waals surface area contributed by atoms with Gasteiger partial charge in [-0.3, -0.25) is 10.1 Å². The van der Waals surface area contributed by atoms with Gasteiger partial charge in [-0.1, -0.05) is 11.6 Å². The third kappa shape index (κ3) is 1.74. The molecule has 1 aromatic carbocycles. The summed E-state index contributed by atoms with van der Waals surface area (Å²) in [5.74, 6) is -0.495. The maximum atomic E-state index is 13.2. The number of hydrogen-bond acceptors (Lipinski definition) is 3. The molecular formula is C9H3BrClFN2O2. The van der Waals surface area contributed by atoms with E-state index in [1.807, 2.05) is 0 Å². The van der Waals surface area contributed by atoms with E-state index in [9.17, 15) is 14.5 Å². The molecule has 0 aliphatic rings. The van der Waals surface area contributed by atoms with Gasteiger partial charge in [-0.05, 0) is 22.0 Å². The molecule has 0 saturated carbocycles. The minimum Gasteiger partial charge on any atom is -0.258 e. The number of benzene rings is 1. The molecule has 0 atom stereocenters. The number of rotatable bonds is 1. The molecule has 0 radical (unpaired) electrons. The van der Waals surface area contributed by atoms with Crippen molar-refractivity contribution in [3.05, 3.63) is 43.8 Å². The zero-order valence-electron chi connectivity index (χ0n) is 7.58. The van der Waals surface area contributed by atoms with Crippen LogP contribution in [0.3, 0.4) is 0 Å². The van der Waals surface area contributed by atoms with Gasteiger partial charge in [-0.2, -0.15) is 0 Å². The van der Waals surface area contributed by atoms with Gasteiger partial charge >= 0.3 is 5.69 Å². The van der Waals surface area contributed by atoms with Crippen LogP contribution in [0.5, 0.6) is 0 Å². The highest BCUT2D eigenvalue weighted by atomic mass is 79.9. The summed E-state index contributed by atoms with van der Waals surface area (Å²) in [6, 6.07) is 2.53. The predicted molar refractivity (Wildman–Crippen MR) is 61.1 cm³/mol. The van der Waals surface area contributed by atoms with Crippen LogP contribution in [0.2, 0.25) is 5.02 Å². The molecule has 1 heterocycles. The Balaban J connectivity index is 2.84. The highest BCUT2D eigenvalue weighted by Crippen LogP contribution is 2.33. The van der Waals surface area contributed by atoms with Gasteiger partial charge in [0.25, 0.3) is 0 Å². The van der Waals surface area contributed by atoms with Gasteiger partial charge in [0.05, 0.1) is 14.9 Å². The Kier molecular flexibility index (Phi) is 2.77. The number of hydrogen-bond donors (Lipinski definition) is 0. The van der Waals surface area contributed by atoms with E-state index in [1.54, 1.807) is 0 Å². The van der Waals surface area contributed by atoms with Crippen molar-refractivity contribution in [1.29, 1.82) is 0 Å². The van der Waals surface area contributed by atoms with E-state index in [1.165, 1.54) is 6.07 Å². The molecule has 16 heavy (non-hydrogen) atoms. The van der Waals surface area contributed by atoms with E-state index in [-0.39, 0.29) is 20.7 Å². The Bertz CT molecular complexity index is 606. The van der Waals surface area contributed by atoms with Gasteiger partial charge in [0.1, 0.15) is 17.0 Å². The summed E-state index contributed by atoms with van der Waals surface area (Å²) in [6.07, 6.45) is 1.01. The fourth-order valence-corrected chi connectivity index (χ4v) is 1.88. The third-order valence-electron chi connectivity index (χ3n) is 2.02. The molecule has 0 amide bonds. The first-order chi connectivity index (χ1) is 7.50. The van der Waals surface area contributed by atoms with E-state index in [2.05, 4.69) is 20.9 Å². The Morgan fingerprint density at radius 1 is 1.50 bits per heavy atom. The second-order valence-corrected chi connectivity index (χ2v) is 4.23. The summed E-state index contributed by atoms with van der Waals surface area (Å²) in [4.78, 5) is 13.8. The number of halogens is 3. The lowest BCUT2D eigenvalue weighted by atomic mass is 10.2. The molecule has 7 heteroatoms. The van der Waals surface area contributed by atoms with Crippen molar-refractivity contribution in [3.63, 3.8) is 0 Å². The predicted octanol–water partition coefficient (Wildman–Crippen LogP) is 3.70. The number of aromatic nitrogens is 1. The van der Waals surface area contributed by atoms with Crippen LogP contribution in [0.25, 0.3) is 10.9 Å². The Hall–Kier alpha value is -1.27. The first-order valence-electron chi connectivity index (χ1n) is 4.08. The Labute approximate surface area is 102 Å². The van der Waals surface area contributed by atoms with Crippen molar-refractivity contribution in [1.82, 2.24) is 4.98 Å². The Morgan fingerprint density at radius 3 is 2.81 bits per heavy atom. The summed E-state index contributed by atoms with van der Waals surface area (Å²) in [6.45, 7) is 0. The van der Waals surface area contributed by atoms with Gasteiger partial charge in [0.2, 0.25) is 0 Å². The summed E-state index contributed by atoms with van der Waals surface area (Å²) >= 11 is 8.82. The van der Waals surface area contributed by atoms with Crippen LogP contribution in [-0.2, 0) is 0 Å². The van der Waals surface area contributed by atoms with Crippen LogP contribution >= 0.6 is 27.5 Å². The molecule has 0 bridgehead atoms. The van der Waals surface area contributed by atoms with Crippen molar-refractivity contribution in [3.8, 4) is 0 Å². The van der Waals surface area contributed by atoms with Gasteiger partial charge < -0.3 is 0 Å². The molecular weight excluding hydrogens is 302 g/mol. The fraction of sp³-hybridized carbons (Fsp3) is 0. The number of nitrogens with zero attached hydrogens (tertiary/aromatic N) is 2. The van der Waals surface area contributed by atoms with Crippen LogP contribution in [0, 0.1) is 15.9 Å². The lowest BCUT2D eigenvalue weighted by molar-refractivity contribution is -0.384. The first-order valence-corrected chi connectivity index (χ1v) is 5.25. The third-order valence-corrected chi connectivity index (χ3v) is 3.03. The lowest BCUT2D eigenvalue weighted by Gasteiger charge is -2.02. The van der Waals surface area contributed by atoms with E-state index < -0.39 is 10.7 Å². The molecule has 0 N–H and O–H groups in total. The molecule has 1 aromatic heterocycles. The largest absolute Gasteiger partial charge is 0.306 e. The first kappa shape index (κ1) is 11.2. The van der Waals surface area contributed by atoms with Gasteiger partial charge in [-0.25, -0.2) is 9.37 Å². The quantitative estimate of drug-likeness (QED) is 0.596. The zero-order valence-corrected chi connectivity index (χ0v) is 9.92. The topological polar surface area (TPSA) is 56.0 Å². The molecule has 0 fully saturated rings. The Morgan fingerprint density at radius 2 is 2.19 bits per heavy atom. The molecule has 82 valence electrons. The van der Waals surface area contributed by atoms with E-state index in [4.69, 9.17) is 11.6 Å². The normalized spacial score (nSPS) is 10.7. The summed E-state index contributed by atoms with van der Waals surface area (Å²) in [7, 11) is 0. The highest BCUT2D eigenvalue weighted by molar-refractivity contribution is 9.10. The molecule has 0 saturated heterocycles. The number of pyridine rings is 1. The van der Waals surface area contributed by atoms with Crippen LogP contribution in [-0.4, -0.2) is 9.91 Å².